The van der Waals surface area contributed by atoms with Crippen molar-refractivity contribution in [1.82, 2.24) is 15.5 Å². The minimum Gasteiger partial charge on any atom is -0.379 e. The zero-order valence-corrected chi connectivity index (χ0v) is 15.3. The van der Waals surface area contributed by atoms with Crippen molar-refractivity contribution < 1.29 is 9.47 Å². The molecule has 0 aromatic carbocycles. The molecule has 1 fully saturated rings. The van der Waals surface area contributed by atoms with Crippen LogP contribution in [-0.4, -0.2) is 76.1 Å². The van der Waals surface area contributed by atoms with E-state index >= 15 is 0 Å². The summed E-state index contributed by atoms with van der Waals surface area (Å²) in [6.07, 6.45) is 3.47. The molecule has 1 heterocycles. The van der Waals surface area contributed by atoms with Crippen LogP contribution in [0.2, 0.25) is 0 Å². The Bertz CT molecular complexity index is 307. The van der Waals surface area contributed by atoms with Crippen molar-refractivity contribution in [2.75, 3.05) is 59.1 Å². The number of likely N-dealkylation sites (N-methyl/N-ethyl adjacent to an activating group) is 1. The van der Waals surface area contributed by atoms with Crippen LogP contribution in [0.25, 0.3) is 0 Å². The molecule has 1 rings (SSSR count). The molecule has 0 bridgehead atoms. The van der Waals surface area contributed by atoms with Gasteiger partial charge in [0.25, 0.3) is 0 Å². The average Bonchev–Trinajstić information content (AvgIpc) is 3.07. The van der Waals surface area contributed by atoms with Gasteiger partial charge in [-0.05, 0) is 39.3 Å². The molecule has 0 saturated carbocycles. The van der Waals surface area contributed by atoms with Crippen molar-refractivity contribution in [1.29, 1.82) is 0 Å². The maximum atomic E-state index is 5.76. The normalized spacial score (nSPS) is 18.6. The molecular formula is C17H36N4O2. The van der Waals surface area contributed by atoms with Gasteiger partial charge in [0.15, 0.2) is 5.96 Å². The zero-order chi connectivity index (χ0) is 16.8. The second-order valence-electron chi connectivity index (χ2n) is 5.83. The van der Waals surface area contributed by atoms with Crippen molar-refractivity contribution in [2.24, 2.45) is 4.99 Å². The lowest BCUT2D eigenvalue weighted by Gasteiger charge is -2.20. The summed E-state index contributed by atoms with van der Waals surface area (Å²) >= 11 is 0. The summed E-state index contributed by atoms with van der Waals surface area (Å²) in [4.78, 5) is 7.06. The predicted octanol–water partition coefficient (Wildman–Crippen LogP) is 1.47. The van der Waals surface area contributed by atoms with E-state index in [-0.39, 0.29) is 0 Å². The lowest BCUT2D eigenvalue weighted by atomic mass is 10.3. The molecular weight excluding hydrogens is 292 g/mol. The highest BCUT2D eigenvalue weighted by atomic mass is 16.5. The van der Waals surface area contributed by atoms with Crippen LogP contribution in [0.5, 0.6) is 0 Å². The van der Waals surface area contributed by atoms with Gasteiger partial charge in [-0.3, -0.25) is 4.99 Å². The molecule has 0 aromatic rings. The summed E-state index contributed by atoms with van der Waals surface area (Å²) < 4.78 is 11.1. The Morgan fingerprint density at radius 2 is 2.13 bits per heavy atom. The second kappa shape index (κ2) is 13.6. The van der Waals surface area contributed by atoms with Crippen molar-refractivity contribution in [2.45, 2.75) is 46.1 Å². The molecule has 1 atom stereocenters. The SMILES string of the molecule is CCCN(CC)CCNC(=NCCCOC1CCOC1)NCC. The maximum Gasteiger partial charge on any atom is 0.191 e. The van der Waals surface area contributed by atoms with Crippen molar-refractivity contribution in [3.8, 4) is 0 Å². The van der Waals surface area contributed by atoms with Crippen LogP contribution in [0.4, 0.5) is 0 Å². The first-order chi connectivity index (χ1) is 11.3. The number of aliphatic imine (C=N–C) groups is 1. The Morgan fingerprint density at radius 3 is 2.78 bits per heavy atom. The smallest absolute Gasteiger partial charge is 0.191 e. The van der Waals surface area contributed by atoms with Gasteiger partial charge in [-0.1, -0.05) is 13.8 Å². The Balaban J connectivity index is 2.15. The quantitative estimate of drug-likeness (QED) is 0.323. The molecule has 1 aliphatic rings. The zero-order valence-electron chi connectivity index (χ0n) is 15.3. The standard InChI is InChI=1S/C17H36N4O2/c1-4-11-21(6-3)12-10-20-17(18-5-2)19-9-7-13-23-16-8-14-22-15-16/h16H,4-15H2,1-3H3,(H2,18,19,20). The molecule has 23 heavy (non-hydrogen) atoms. The first-order valence-electron chi connectivity index (χ1n) is 9.24. The molecule has 1 saturated heterocycles. The van der Waals surface area contributed by atoms with Crippen LogP contribution in [0, 0.1) is 0 Å². The van der Waals surface area contributed by atoms with Gasteiger partial charge in [0, 0.05) is 39.4 Å². The Labute approximate surface area is 142 Å². The van der Waals surface area contributed by atoms with E-state index in [2.05, 4.69) is 41.3 Å². The number of hydrogen-bond donors (Lipinski definition) is 2. The number of ether oxygens (including phenoxy) is 2. The van der Waals surface area contributed by atoms with Gasteiger partial charge in [0.2, 0.25) is 0 Å². The number of rotatable bonds is 12. The van der Waals surface area contributed by atoms with Gasteiger partial charge in [0.05, 0.1) is 12.7 Å². The van der Waals surface area contributed by atoms with E-state index in [1.165, 1.54) is 6.42 Å². The van der Waals surface area contributed by atoms with Crippen LogP contribution in [-0.2, 0) is 9.47 Å². The largest absolute Gasteiger partial charge is 0.379 e. The second-order valence-corrected chi connectivity index (χ2v) is 5.83. The minimum atomic E-state index is 0.295. The van der Waals surface area contributed by atoms with E-state index < -0.39 is 0 Å². The molecule has 1 unspecified atom stereocenters. The molecule has 0 spiro atoms. The average molecular weight is 329 g/mol. The molecule has 0 aromatic heterocycles. The van der Waals surface area contributed by atoms with E-state index in [4.69, 9.17) is 9.47 Å². The topological polar surface area (TPSA) is 58.1 Å². The summed E-state index contributed by atoms with van der Waals surface area (Å²) in [7, 11) is 0. The highest BCUT2D eigenvalue weighted by molar-refractivity contribution is 5.79. The lowest BCUT2D eigenvalue weighted by molar-refractivity contribution is 0.0424. The molecule has 1 aliphatic heterocycles. The minimum absolute atomic E-state index is 0.295. The van der Waals surface area contributed by atoms with Crippen LogP contribution >= 0.6 is 0 Å². The summed E-state index contributed by atoms with van der Waals surface area (Å²) in [5.74, 6) is 0.907. The van der Waals surface area contributed by atoms with Crippen LogP contribution in [0.3, 0.4) is 0 Å². The van der Waals surface area contributed by atoms with E-state index in [0.29, 0.717) is 6.10 Å². The number of nitrogens with zero attached hydrogens (tertiary/aromatic N) is 2. The van der Waals surface area contributed by atoms with Gasteiger partial charge < -0.3 is 25.0 Å². The summed E-state index contributed by atoms with van der Waals surface area (Å²) in [6, 6.07) is 0. The van der Waals surface area contributed by atoms with Crippen LogP contribution < -0.4 is 10.6 Å². The molecule has 136 valence electrons. The fourth-order valence-corrected chi connectivity index (χ4v) is 2.57. The van der Waals surface area contributed by atoms with E-state index in [1.807, 2.05) is 0 Å². The first-order valence-corrected chi connectivity index (χ1v) is 9.24. The van der Waals surface area contributed by atoms with Crippen molar-refractivity contribution in [3.05, 3.63) is 0 Å². The Hall–Kier alpha value is -0.850. The summed E-state index contributed by atoms with van der Waals surface area (Å²) in [5, 5.41) is 6.71. The summed E-state index contributed by atoms with van der Waals surface area (Å²) in [6.45, 7) is 14.8. The molecule has 0 radical (unpaired) electrons. The molecule has 0 aliphatic carbocycles. The Kier molecular flexibility index (Phi) is 11.9. The third-order valence-corrected chi connectivity index (χ3v) is 3.87. The van der Waals surface area contributed by atoms with Gasteiger partial charge in [-0.15, -0.1) is 0 Å². The van der Waals surface area contributed by atoms with E-state index in [9.17, 15) is 0 Å². The fraction of sp³-hybridized carbons (Fsp3) is 0.941. The monoisotopic (exact) mass is 328 g/mol. The highest BCUT2D eigenvalue weighted by Gasteiger charge is 2.15. The van der Waals surface area contributed by atoms with Gasteiger partial charge in [-0.2, -0.15) is 0 Å². The number of nitrogens with one attached hydrogen (secondary N) is 2. The van der Waals surface area contributed by atoms with E-state index in [1.54, 1.807) is 0 Å². The fourth-order valence-electron chi connectivity index (χ4n) is 2.57. The van der Waals surface area contributed by atoms with Crippen LogP contribution in [0.1, 0.15) is 40.0 Å². The van der Waals surface area contributed by atoms with E-state index in [0.717, 1.165) is 77.9 Å². The van der Waals surface area contributed by atoms with Gasteiger partial charge in [0.1, 0.15) is 0 Å². The van der Waals surface area contributed by atoms with Crippen molar-refractivity contribution in [3.63, 3.8) is 0 Å². The number of guanidine groups is 1. The highest BCUT2D eigenvalue weighted by Crippen LogP contribution is 2.08. The third-order valence-electron chi connectivity index (χ3n) is 3.87. The number of hydrogen-bond acceptors (Lipinski definition) is 4. The summed E-state index contributed by atoms with van der Waals surface area (Å²) in [5.41, 5.74) is 0. The van der Waals surface area contributed by atoms with Crippen molar-refractivity contribution >= 4 is 5.96 Å². The molecule has 0 amide bonds. The molecule has 2 N–H and O–H groups in total. The first kappa shape index (κ1) is 20.2. The van der Waals surface area contributed by atoms with Crippen LogP contribution in [0.15, 0.2) is 4.99 Å². The molecule has 6 heteroatoms. The lowest BCUT2D eigenvalue weighted by Crippen LogP contribution is -2.41. The van der Waals surface area contributed by atoms with Gasteiger partial charge in [-0.25, -0.2) is 0 Å². The van der Waals surface area contributed by atoms with Gasteiger partial charge >= 0.3 is 0 Å². The predicted molar refractivity (Wildman–Crippen MR) is 96.2 cm³/mol. The molecule has 6 nitrogen and oxygen atoms in total. The maximum absolute atomic E-state index is 5.76. The Morgan fingerprint density at radius 1 is 1.26 bits per heavy atom. The third kappa shape index (κ3) is 9.79.